The second kappa shape index (κ2) is 4.99. The van der Waals surface area contributed by atoms with Gasteiger partial charge in [0.1, 0.15) is 6.10 Å². The molecule has 0 bridgehead atoms. The summed E-state index contributed by atoms with van der Waals surface area (Å²) in [5.41, 5.74) is 7.33. The number of nitrogens with zero attached hydrogens (tertiary/aromatic N) is 2. The zero-order valence-corrected chi connectivity index (χ0v) is 12.0. The van der Waals surface area contributed by atoms with Gasteiger partial charge in [-0.3, -0.25) is 4.90 Å². The van der Waals surface area contributed by atoms with Crippen LogP contribution >= 0.6 is 23.1 Å². The molecule has 1 unspecified atom stereocenters. The Morgan fingerprint density at radius 2 is 2.47 bits per heavy atom. The van der Waals surface area contributed by atoms with Gasteiger partial charge in [0.2, 0.25) is 0 Å². The molecule has 2 N–H and O–H groups in total. The van der Waals surface area contributed by atoms with Gasteiger partial charge in [0.15, 0.2) is 4.34 Å². The highest BCUT2D eigenvalue weighted by Gasteiger charge is 2.31. The molecule has 1 saturated heterocycles. The first kappa shape index (κ1) is 12.7. The van der Waals surface area contributed by atoms with Crippen LogP contribution in [0.15, 0.2) is 22.5 Å². The van der Waals surface area contributed by atoms with Gasteiger partial charge in [0, 0.05) is 12.2 Å². The Morgan fingerprint density at radius 1 is 1.63 bits per heavy atom. The molecular formula is C12H13N3O2S2. The van der Waals surface area contributed by atoms with E-state index in [4.69, 9.17) is 10.5 Å². The maximum atomic E-state index is 11.8. The van der Waals surface area contributed by atoms with Crippen LogP contribution in [-0.2, 0) is 4.74 Å². The Balaban J connectivity index is 1.94. The number of rotatable bonds is 3. The minimum atomic E-state index is -0.329. The van der Waals surface area contributed by atoms with E-state index < -0.39 is 0 Å². The zero-order chi connectivity index (χ0) is 13.4. The average molecular weight is 295 g/mol. The van der Waals surface area contributed by atoms with Gasteiger partial charge >= 0.3 is 6.09 Å². The topological polar surface area (TPSA) is 68.5 Å². The van der Waals surface area contributed by atoms with Crippen molar-refractivity contribution in [1.82, 2.24) is 4.98 Å². The Bertz CT molecular complexity index is 628. The summed E-state index contributed by atoms with van der Waals surface area (Å²) >= 11 is 3.25. The van der Waals surface area contributed by atoms with E-state index in [1.165, 1.54) is 0 Å². The van der Waals surface area contributed by atoms with E-state index in [9.17, 15) is 4.79 Å². The number of fused-ring (bicyclic) bond motifs is 1. The first-order valence-corrected chi connectivity index (χ1v) is 7.88. The predicted octanol–water partition coefficient (Wildman–Crippen LogP) is 2.30. The van der Waals surface area contributed by atoms with Crippen molar-refractivity contribution in [3.8, 4) is 0 Å². The van der Waals surface area contributed by atoms with Crippen molar-refractivity contribution < 1.29 is 9.53 Å². The third-order valence-corrected chi connectivity index (χ3v) is 4.98. The van der Waals surface area contributed by atoms with Crippen LogP contribution in [0.25, 0.3) is 10.2 Å². The van der Waals surface area contributed by atoms with Gasteiger partial charge in [0.25, 0.3) is 0 Å². The summed E-state index contributed by atoms with van der Waals surface area (Å²) in [6, 6.07) is 5.81. The van der Waals surface area contributed by atoms with Gasteiger partial charge in [-0.1, -0.05) is 11.8 Å². The molecule has 100 valence electrons. The summed E-state index contributed by atoms with van der Waals surface area (Å²) < 4.78 is 7.26. The molecule has 5 nitrogen and oxygen atoms in total. The number of benzene rings is 1. The van der Waals surface area contributed by atoms with E-state index in [1.807, 2.05) is 24.5 Å². The summed E-state index contributed by atoms with van der Waals surface area (Å²) in [7, 11) is 0. The van der Waals surface area contributed by atoms with E-state index in [-0.39, 0.29) is 12.2 Å². The Morgan fingerprint density at radius 3 is 3.16 bits per heavy atom. The number of ether oxygens (including phenoxy) is 1. The minimum absolute atomic E-state index is 0.216. The van der Waals surface area contributed by atoms with Crippen LogP contribution in [-0.4, -0.2) is 36.5 Å². The highest BCUT2D eigenvalue weighted by atomic mass is 32.2. The maximum Gasteiger partial charge on any atom is 0.414 e. The number of hydrogen-bond donors (Lipinski definition) is 1. The molecule has 19 heavy (non-hydrogen) atoms. The molecule has 0 spiro atoms. The highest BCUT2D eigenvalue weighted by molar-refractivity contribution is 8.00. The summed E-state index contributed by atoms with van der Waals surface area (Å²) in [6.07, 6.45) is 1.46. The van der Waals surface area contributed by atoms with Gasteiger partial charge in [-0.2, -0.15) is 0 Å². The molecule has 0 radical (unpaired) electrons. The van der Waals surface area contributed by atoms with Gasteiger partial charge < -0.3 is 10.5 Å². The standard InChI is InChI=1S/C12H13N3O2S2/c1-18-11-14-9-3-2-7(4-10(9)19-11)15-6-8(5-13)17-12(15)16/h2-4,8H,5-6,13H2,1H3. The number of hydrogen-bond acceptors (Lipinski definition) is 6. The SMILES string of the molecule is CSc1nc2ccc(N3CC(CN)OC3=O)cc2s1. The fourth-order valence-electron chi connectivity index (χ4n) is 2.00. The molecular weight excluding hydrogens is 282 g/mol. The number of amides is 1. The Labute approximate surface area is 118 Å². The third kappa shape index (κ3) is 2.29. The van der Waals surface area contributed by atoms with E-state index in [1.54, 1.807) is 28.0 Å². The smallest absolute Gasteiger partial charge is 0.414 e. The molecule has 2 aromatic rings. The number of thioether (sulfide) groups is 1. The lowest BCUT2D eigenvalue weighted by atomic mass is 10.2. The van der Waals surface area contributed by atoms with Crippen LogP contribution in [0.2, 0.25) is 0 Å². The number of thiazole rings is 1. The molecule has 3 rings (SSSR count). The number of carbonyl (C=O) groups is 1. The number of aromatic nitrogens is 1. The molecule has 1 fully saturated rings. The second-order valence-electron chi connectivity index (χ2n) is 4.19. The molecule has 2 heterocycles. The third-order valence-electron chi connectivity index (χ3n) is 2.98. The van der Waals surface area contributed by atoms with Crippen molar-refractivity contribution in [3.63, 3.8) is 0 Å². The molecule has 0 saturated carbocycles. The largest absolute Gasteiger partial charge is 0.443 e. The highest BCUT2D eigenvalue weighted by Crippen LogP contribution is 2.32. The van der Waals surface area contributed by atoms with Crippen molar-refractivity contribution in [3.05, 3.63) is 18.2 Å². The second-order valence-corrected chi connectivity index (χ2v) is 6.27. The molecule has 1 aliphatic heterocycles. The molecule has 1 atom stereocenters. The lowest BCUT2D eigenvalue weighted by molar-refractivity contribution is 0.145. The Kier molecular flexibility index (Phi) is 3.34. The summed E-state index contributed by atoms with van der Waals surface area (Å²) in [4.78, 5) is 17.9. The van der Waals surface area contributed by atoms with E-state index in [2.05, 4.69) is 4.98 Å². The fourth-order valence-corrected chi connectivity index (χ4v) is 3.52. The van der Waals surface area contributed by atoms with Crippen LogP contribution in [0, 0.1) is 0 Å². The predicted molar refractivity (Wildman–Crippen MR) is 78.1 cm³/mol. The van der Waals surface area contributed by atoms with Gasteiger partial charge in [-0.25, -0.2) is 9.78 Å². The number of cyclic esters (lactones) is 1. The lowest BCUT2D eigenvalue weighted by Gasteiger charge is -2.12. The quantitative estimate of drug-likeness (QED) is 0.880. The fraction of sp³-hybridized carbons (Fsp3) is 0.333. The van der Waals surface area contributed by atoms with Crippen molar-refractivity contribution >= 4 is 45.1 Å². The van der Waals surface area contributed by atoms with Crippen LogP contribution in [0.3, 0.4) is 0 Å². The number of carbonyl (C=O) groups excluding carboxylic acids is 1. The van der Waals surface area contributed by atoms with Crippen molar-refractivity contribution in [1.29, 1.82) is 0 Å². The summed E-state index contributed by atoms with van der Waals surface area (Å²) in [6.45, 7) is 0.858. The first-order valence-electron chi connectivity index (χ1n) is 5.84. The van der Waals surface area contributed by atoms with Gasteiger partial charge in [-0.05, 0) is 24.5 Å². The number of anilines is 1. The van der Waals surface area contributed by atoms with Crippen molar-refractivity contribution in [2.45, 2.75) is 10.4 Å². The van der Waals surface area contributed by atoms with Crippen LogP contribution < -0.4 is 10.6 Å². The molecule has 7 heteroatoms. The molecule has 1 amide bonds. The van der Waals surface area contributed by atoms with Gasteiger partial charge in [-0.15, -0.1) is 11.3 Å². The summed E-state index contributed by atoms with van der Waals surface area (Å²) in [5.74, 6) is 0. The molecule has 1 aromatic heterocycles. The summed E-state index contributed by atoms with van der Waals surface area (Å²) in [5, 5.41) is 0. The zero-order valence-electron chi connectivity index (χ0n) is 10.3. The number of nitrogens with two attached hydrogens (primary N) is 1. The van der Waals surface area contributed by atoms with Crippen molar-refractivity contribution in [2.75, 3.05) is 24.2 Å². The molecule has 0 aliphatic carbocycles. The van der Waals surface area contributed by atoms with E-state index >= 15 is 0 Å². The van der Waals surface area contributed by atoms with Crippen LogP contribution in [0.4, 0.5) is 10.5 Å². The molecule has 1 aromatic carbocycles. The van der Waals surface area contributed by atoms with Crippen LogP contribution in [0.1, 0.15) is 0 Å². The van der Waals surface area contributed by atoms with E-state index in [0.717, 1.165) is 20.2 Å². The van der Waals surface area contributed by atoms with Crippen LogP contribution in [0.5, 0.6) is 0 Å². The minimum Gasteiger partial charge on any atom is -0.443 e. The monoisotopic (exact) mass is 295 g/mol. The van der Waals surface area contributed by atoms with Crippen molar-refractivity contribution in [2.24, 2.45) is 5.73 Å². The average Bonchev–Trinajstić information content (AvgIpc) is 3.00. The normalized spacial score (nSPS) is 19.2. The lowest BCUT2D eigenvalue weighted by Crippen LogP contribution is -2.27. The molecule has 1 aliphatic rings. The maximum absolute atomic E-state index is 11.8. The van der Waals surface area contributed by atoms with E-state index in [0.29, 0.717) is 13.1 Å². The van der Waals surface area contributed by atoms with Gasteiger partial charge in [0.05, 0.1) is 16.8 Å². The first-order chi connectivity index (χ1) is 9.21. The Hall–Kier alpha value is -1.31.